The number of rotatable bonds is 9. The average Bonchev–Trinajstić information content (AvgIpc) is 2.90. The third kappa shape index (κ3) is 5.68. The van der Waals surface area contributed by atoms with Crippen molar-refractivity contribution in [1.29, 1.82) is 0 Å². The summed E-state index contributed by atoms with van der Waals surface area (Å²) in [5, 5.41) is 15.0. The molecule has 0 aliphatic heterocycles. The van der Waals surface area contributed by atoms with E-state index < -0.39 is 13.9 Å². The molecule has 2 unspecified atom stereocenters. The van der Waals surface area contributed by atoms with Crippen molar-refractivity contribution in [2.24, 2.45) is 22.7 Å². The van der Waals surface area contributed by atoms with Gasteiger partial charge in [0.25, 0.3) is 8.32 Å². The molecule has 0 saturated heterocycles. The first-order valence-electron chi connectivity index (χ1n) is 15.9. The summed E-state index contributed by atoms with van der Waals surface area (Å²) in [5.41, 5.74) is 1.13. The minimum Gasteiger partial charge on any atom is -0.407 e. The van der Waals surface area contributed by atoms with Gasteiger partial charge in [-0.05, 0) is 89.9 Å². The summed E-state index contributed by atoms with van der Waals surface area (Å²) in [6, 6.07) is 21.8. The van der Waals surface area contributed by atoms with Crippen LogP contribution < -0.4 is 10.4 Å². The molecule has 220 valence electrons. The fraction of sp³-hybridized carbons (Fsp3) is 0.622. The van der Waals surface area contributed by atoms with Crippen molar-refractivity contribution in [3.8, 4) is 0 Å². The Kier molecular flexibility index (Phi) is 9.30. The van der Waals surface area contributed by atoms with Crippen LogP contribution in [0.1, 0.15) is 107 Å². The Labute approximate surface area is 246 Å². The molecule has 0 spiro atoms. The third-order valence-electron chi connectivity index (χ3n) is 11.2. The maximum atomic E-state index is 12.3. The number of benzene rings is 2. The molecule has 40 heavy (non-hydrogen) atoms. The zero-order valence-electron chi connectivity index (χ0n) is 26.7. The zero-order chi connectivity index (χ0) is 29.2. The minimum absolute atomic E-state index is 0.00534. The van der Waals surface area contributed by atoms with E-state index in [-0.39, 0.29) is 10.5 Å². The summed E-state index contributed by atoms with van der Waals surface area (Å²) in [5.74, 6) is 0.966. The van der Waals surface area contributed by atoms with Gasteiger partial charge in [0.05, 0.1) is 5.60 Å². The van der Waals surface area contributed by atoms with Crippen molar-refractivity contribution < 1.29 is 9.53 Å². The van der Waals surface area contributed by atoms with Gasteiger partial charge in [-0.3, -0.25) is 0 Å². The first-order chi connectivity index (χ1) is 18.8. The van der Waals surface area contributed by atoms with Crippen LogP contribution in [-0.2, 0) is 4.43 Å². The molecule has 0 heterocycles. The standard InChI is InChI=1S/C37H56O2Si/c1-29(24-27-37(38)30(2)22-23-33-35(6,7)25-16-26-36(33,37)8)17-15-28-39-40(34(3,4)5,31-18-11-9-12-19-31)32-20-13-10-14-21-32/h9-14,17-21,30,33,38H,15-16,22-28H2,1-8H3/t30?,33?,36-,37+/m0/s1. The summed E-state index contributed by atoms with van der Waals surface area (Å²) in [7, 11) is -2.50. The van der Waals surface area contributed by atoms with E-state index >= 15 is 0 Å². The lowest BCUT2D eigenvalue weighted by Crippen LogP contribution is -2.66. The van der Waals surface area contributed by atoms with Crippen LogP contribution in [0.15, 0.2) is 72.3 Å². The fourth-order valence-corrected chi connectivity index (χ4v) is 13.4. The number of fused-ring (bicyclic) bond motifs is 1. The van der Waals surface area contributed by atoms with E-state index in [1.807, 2.05) is 0 Å². The van der Waals surface area contributed by atoms with Crippen LogP contribution in [0, 0.1) is 22.7 Å². The summed E-state index contributed by atoms with van der Waals surface area (Å²) < 4.78 is 7.10. The van der Waals surface area contributed by atoms with Crippen molar-refractivity contribution >= 4 is 18.7 Å². The summed E-state index contributed by atoms with van der Waals surface area (Å²) >= 11 is 0. The van der Waals surface area contributed by atoms with E-state index in [2.05, 4.69) is 122 Å². The van der Waals surface area contributed by atoms with Gasteiger partial charge in [-0.25, -0.2) is 0 Å². The molecular formula is C37H56O2Si. The maximum Gasteiger partial charge on any atom is 0.261 e. The Balaban J connectivity index is 1.48. The van der Waals surface area contributed by atoms with Gasteiger partial charge in [-0.15, -0.1) is 0 Å². The second kappa shape index (κ2) is 11.9. The van der Waals surface area contributed by atoms with Crippen LogP contribution in [0.2, 0.25) is 5.04 Å². The highest BCUT2D eigenvalue weighted by molar-refractivity contribution is 6.99. The van der Waals surface area contributed by atoms with Crippen molar-refractivity contribution in [3.63, 3.8) is 0 Å². The fourth-order valence-electron chi connectivity index (χ4n) is 8.87. The van der Waals surface area contributed by atoms with E-state index in [1.54, 1.807) is 0 Å². The second-order valence-corrected chi connectivity index (χ2v) is 19.4. The molecule has 0 amide bonds. The summed E-state index contributed by atoms with van der Waals surface area (Å²) in [6.45, 7) is 19.6. The number of allylic oxidation sites excluding steroid dienone is 1. The van der Waals surface area contributed by atoms with Crippen molar-refractivity contribution in [2.45, 2.75) is 117 Å². The van der Waals surface area contributed by atoms with Crippen molar-refractivity contribution in [3.05, 3.63) is 72.3 Å². The topological polar surface area (TPSA) is 29.5 Å². The zero-order valence-corrected chi connectivity index (χ0v) is 27.7. The van der Waals surface area contributed by atoms with Crippen LogP contribution >= 0.6 is 0 Å². The van der Waals surface area contributed by atoms with Crippen LogP contribution in [0.25, 0.3) is 0 Å². The normalized spacial score (nSPS) is 29.2. The van der Waals surface area contributed by atoms with Gasteiger partial charge in [0, 0.05) is 6.61 Å². The highest BCUT2D eigenvalue weighted by Gasteiger charge is 2.60. The van der Waals surface area contributed by atoms with Crippen LogP contribution in [0.4, 0.5) is 0 Å². The Hall–Kier alpha value is -1.68. The first kappa shape index (κ1) is 31.3. The Morgan fingerprint density at radius 3 is 2.08 bits per heavy atom. The largest absolute Gasteiger partial charge is 0.407 e. The van der Waals surface area contributed by atoms with Gasteiger partial charge in [0.2, 0.25) is 0 Å². The number of aliphatic hydroxyl groups is 1. The predicted octanol–water partition coefficient (Wildman–Crippen LogP) is 8.67. The molecule has 0 radical (unpaired) electrons. The molecular weight excluding hydrogens is 504 g/mol. The molecule has 2 aromatic carbocycles. The molecule has 0 aromatic heterocycles. The highest BCUT2D eigenvalue weighted by Crippen LogP contribution is 2.63. The Bertz CT molecular complexity index is 1090. The van der Waals surface area contributed by atoms with Crippen LogP contribution in [0.3, 0.4) is 0 Å². The summed E-state index contributed by atoms with van der Waals surface area (Å²) in [4.78, 5) is 0. The molecule has 1 N–H and O–H groups in total. The van der Waals surface area contributed by atoms with E-state index in [1.165, 1.54) is 35.2 Å². The molecule has 2 fully saturated rings. The molecule has 2 saturated carbocycles. The molecule has 2 nitrogen and oxygen atoms in total. The van der Waals surface area contributed by atoms with Gasteiger partial charge < -0.3 is 9.53 Å². The molecule has 4 atom stereocenters. The SMILES string of the molecule is CC(=CCCO[Si](c1ccccc1)(c1ccccc1)C(C)(C)C)CC[C@@]1(O)C(C)CCC2C(C)(C)CCC[C@@]21C. The molecule has 4 rings (SSSR count). The number of hydrogen-bond acceptors (Lipinski definition) is 2. The lowest BCUT2D eigenvalue weighted by molar-refractivity contribution is -0.211. The number of hydrogen-bond donors (Lipinski definition) is 1. The lowest BCUT2D eigenvalue weighted by atomic mass is 9.44. The van der Waals surface area contributed by atoms with Gasteiger partial charge >= 0.3 is 0 Å². The lowest BCUT2D eigenvalue weighted by Gasteiger charge is -2.63. The van der Waals surface area contributed by atoms with Crippen molar-refractivity contribution in [1.82, 2.24) is 0 Å². The van der Waals surface area contributed by atoms with Crippen LogP contribution in [0.5, 0.6) is 0 Å². The minimum atomic E-state index is -2.50. The quantitative estimate of drug-likeness (QED) is 0.189. The Morgan fingerprint density at radius 1 is 0.950 bits per heavy atom. The molecule has 3 heteroatoms. The second-order valence-electron chi connectivity index (χ2n) is 15.1. The van der Waals surface area contributed by atoms with Gasteiger partial charge in [0.1, 0.15) is 0 Å². The van der Waals surface area contributed by atoms with Gasteiger partial charge in [-0.2, -0.15) is 0 Å². The highest BCUT2D eigenvalue weighted by atomic mass is 28.4. The molecule has 0 bridgehead atoms. The summed E-state index contributed by atoms with van der Waals surface area (Å²) in [6.07, 6.45) is 11.2. The monoisotopic (exact) mass is 560 g/mol. The van der Waals surface area contributed by atoms with E-state index in [4.69, 9.17) is 4.43 Å². The van der Waals surface area contributed by atoms with E-state index in [9.17, 15) is 5.11 Å². The predicted molar refractivity (Wildman–Crippen MR) is 174 cm³/mol. The van der Waals surface area contributed by atoms with E-state index in [0.29, 0.717) is 23.9 Å². The average molecular weight is 561 g/mol. The molecule has 2 aliphatic rings. The molecule has 2 aliphatic carbocycles. The van der Waals surface area contributed by atoms with Crippen molar-refractivity contribution in [2.75, 3.05) is 6.61 Å². The van der Waals surface area contributed by atoms with Crippen LogP contribution in [-0.4, -0.2) is 25.6 Å². The molecule has 2 aromatic rings. The first-order valence-corrected chi connectivity index (χ1v) is 17.8. The third-order valence-corrected chi connectivity index (χ3v) is 16.2. The van der Waals surface area contributed by atoms with Gasteiger partial charge in [-0.1, -0.05) is 127 Å². The maximum absolute atomic E-state index is 12.3. The van der Waals surface area contributed by atoms with Gasteiger partial charge in [0.15, 0.2) is 0 Å². The smallest absolute Gasteiger partial charge is 0.261 e. The Morgan fingerprint density at radius 2 is 1.52 bits per heavy atom. The van der Waals surface area contributed by atoms with E-state index in [0.717, 1.165) is 32.1 Å².